The maximum Gasteiger partial charge on any atom is 0.0730 e. The minimum Gasteiger partial charge on any atom is -0.220 e. The molecular weight excluding hydrogens is 190 g/mol. The summed E-state index contributed by atoms with van der Waals surface area (Å²) >= 11 is 0.897. The average molecular weight is 197 g/mol. The number of hydrogen-bond acceptors (Lipinski definition) is 5. The standard InChI is InChI=1S/C8H7NO3S/c1-2-9-7-3-5-8(6-4-7)13-12-11-10/h3-6,10H,1H2. The summed E-state index contributed by atoms with van der Waals surface area (Å²) in [6.07, 6.45) is 0. The molecule has 5 heteroatoms. The van der Waals surface area contributed by atoms with E-state index in [9.17, 15) is 0 Å². The van der Waals surface area contributed by atoms with Crippen LogP contribution >= 0.6 is 12.0 Å². The van der Waals surface area contributed by atoms with Crippen LogP contribution in [-0.2, 0) is 9.37 Å². The van der Waals surface area contributed by atoms with Gasteiger partial charge in [-0.2, -0.15) is 0 Å². The molecule has 0 radical (unpaired) electrons. The fourth-order valence-corrected chi connectivity index (χ4v) is 1.08. The van der Waals surface area contributed by atoms with Gasteiger partial charge in [-0.3, -0.25) is 0 Å². The Morgan fingerprint density at radius 2 is 2.08 bits per heavy atom. The lowest BCUT2D eigenvalue weighted by molar-refractivity contribution is -0.432. The Bertz CT molecular complexity index is 306. The summed E-state index contributed by atoms with van der Waals surface area (Å²) in [6, 6.07) is 7.06. The molecule has 0 bridgehead atoms. The highest BCUT2D eigenvalue weighted by Crippen LogP contribution is 2.21. The van der Waals surface area contributed by atoms with E-state index in [2.05, 4.69) is 26.8 Å². The van der Waals surface area contributed by atoms with E-state index in [1.807, 2.05) is 0 Å². The third-order valence-electron chi connectivity index (χ3n) is 1.21. The molecule has 4 nitrogen and oxygen atoms in total. The average Bonchev–Trinajstić information content (AvgIpc) is 2.17. The number of hydrogen-bond donors (Lipinski definition) is 1. The summed E-state index contributed by atoms with van der Waals surface area (Å²) in [5, 5.41) is 11.3. The highest BCUT2D eigenvalue weighted by atomic mass is 32.2. The van der Waals surface area contributed by atoms with Crippen molar-refractivity contribution >= 4 is 23.6 Å². The second-order valence-corrected chi connectivity index (χ2v) is 2.76. The van der Waals surface area contributed by atoms with Gasteiger partial charge in [-0.25, -0.2) is 10.2 Å². The van der Waals surface area contributed by atoms with Crippen LogP contribution in [0.2, 0.25) is 0 Å². The van der Waals surface area contributed by atoms with Gasteiger partial charge in [0.1, 0.15) is 0 Å². The number of nitrogens with zero attached hydrogens (tertiary/aromatic N) is 1. The maximum atomic E-state index is 7.89. The SMILES string of the molecule is C=C=Nc1ccc(SOOO)cc1. The molecule has 0 amide bonds. The molecule has 1 aromatic rings. The first kappa shape index (κ1) is 9.98. The minimum atomic E-state index is 0.754. The van der Waals surface area contributed by atoms with Crippen molar-refractivity contribution in [1.82, 2.24) is 0 Å². The van der Waals surface area contributed by atoms with E-state index >= 15 is 0 Å². The molecule has 68 valence electrons. The van der Waals surface area contributed by atoms with Crippen molar-refractivity contribution < 1.29 is 14.6 Å². The highest BCUT2D eigenvalue weighted by Gasteiger charge is 1.94. The lowest BCUT2D eigenvalue weighted by atomic mass is 10.3. The molecule has 0 saturated carbocycles. The molecule has 0 heterocycles. The fraction of sp³-hybridized carbons (Fsp3) is 0. The van der Waals surface area contributed by atoms with Crippen LogP contribution in [0.5, 0.6) is 0 Å². The summed E-state index contributed by atoms with van der Waals surface area (Å²) in [5.74, 6) is 2.42. The second kappa shape index (κ2) is 5.53. The predicted octanol–water partition coefficient (Wildman–Crippen LogP) is 2.60. The number of aliphatic imine (C=N–C) groups is 1. The molecular formula is C8H7NO3S. The normalized spacial score (nSPS) is 9.31. The van der Waals surface area contributed by atoms with Crippen molar-refractivity contribution in [3.8, 4) is 0 Å². The van der Waals surface area contributed by atoms with Crippen LogP contribution in [0, 0.1) is 0 Å². The van der Waals surface area contributed by atoms with Gasteiger partial charge in [0.15, 0.2) is 0 Å². The molecule has 1 rings (SSSR count). The molecule has 0 fully saturated rings. The van der Waals surface area contributed by atoms with Crippen LogP contribution in [0.1, 0.15) is 0 Å². The summed E-state index contributed by atoms with van der Waals surface area (Å²) in [4.78, 5) is 4.63. The first-order chi connectivity index (χ1) is 6.36. The molecule has 1 aromatic carbocycles. The Labute approximate surface area is 79.6 Å². The van der Waals surface area contributed by atoms with E-state index in [0.29, 0.717) is 0 Å². The van der Waals surface area contributed by atoms with E-state index < -0.39 is 0 Å². The van der Waals surface area contributed by atoms with Crippen molar-refractivity contribution in [3.63, 3.8) is 0 Å². The Balaban J connectivity index is 2.63. The Morgan fingerprint density at radius 3 is 2.62 bits per heavy atom. The van der Waals surface area contributed by atoms with E-state index in [0.717, 1.165) is 22.6 Å². The zero-order valence-electron chi connectivity index (χ0n) is 6.64. The topological polar surface area (TPSA) is 51.0 Å². The van der Waals surface area contributed by atoms with Gasteiger partial charge in [0.2, 0.25) is 0 Å². The fourth-order valence-electron chi connectivity index (χ4n) is 0.722. The molecule has 0 saturated heterocycles. The maximum absolute atomic E-state index is 7.89. The second-order valence-electron chi connectivity index (χ2n) is 1.99. The molecule has 0 atom stereocenters. The van der Waals surface area contributed by atoms with Gasteiger partial charge in [-0.05, 0) is 36.7 Å². The van der Waals surface area contributed by atoms with E-state index in [4.69, 9.17) is 5.26 Å². The van der Waals surface area contributed by atoms with Crippen molar-refractivity contribution in [3.05, 3.63) is 30.8 Å². The Kier molecular flexibility index (Phi) is 4.25. The third-order valence-corrected chi connectivity index (χ3v) is 1.80. The summed E-state index contributed by atoms with van der Waals surface area (Å²) < 4.78 is 4.23. The molecule has 13 heavy (non-hydrogen) atoms. The van der Waals surface area contributed by atoms with Crippen LogP contribution in [0.4, 0.5) is 5.69 Å². The van der Waals surface area contributed by atoms with Crippen molar-refractivity contribution in [2.75, 3.05) is 0 Å². The van der Waals surface area contributed by atoms with E-state index in [-0.39, 0.29) is 0 Å². The molecule has 0 aliphatic rings. The van der Waals surface area contributed by atoms with Gasteiger partial charge in [-0.1, -0.05) is 5.04 Å². The summed E-state index contributed by atoms with van der Waals surface area (Å²) in [6.45, 7) is 3.35. The molecule has 1 N–H and O–H groups in total. The van der Waals surface area contributed by atoms with Gasteiger partial charge in [-0.15, -0.1) is 4.33 Å². The number of benzene rings is 1. The van der Waals surface area contributed by atoms with Crippen LogP contribution in [0.25, 0.3) is 0 Å². The molecule has 0 aromatic heterocycles. The van der Waals surface area contributed by atoms with E-state index in [1.165, 1.54) is 0 Å². The zero-order chi connectivity index (χ0) is 9.52. The van der Waals surface area contributed by atoms with E-state index in [1.54, 1.807) is 24.3 Å². The lowest BCUT2D eigenvalue weighted by Gasteiger charge is -1.96. The highest BCUT2D eigenvalue weighted by molar-refractivity contribution is 7.94. The molecule has 0 aliphatic heterocycles. The zero-order valence-corrected chi connectivity index (χ0v) is 7.45. The van der Waals surface area contributed by atoms with Crippen molar-refractivity contribution in [2.24, 2.45) is 4.99 Å². The number of rotatable bonds is 4. The van der Waals surface area contributed by atoms with Crippen LogP contribution in [0.3, 0.4) is 0 Å². The predicted molar refractivity (Wildman–Crippen MR) is 49.8 cm³/mol. The molecule has 0 spiro atoms. The smallest absolute Gasteiger partial charge is 0.0730 e. The first-order valence-electron chi connectivity index (χ1n) is 3.34. The quantitative estimate of drug-likeness (QED) is 0.349. The Hall–Kier alpha value is -1.10. The summed E-state index contributed by atoms with van der Waals surface area (Å²) in [5.41, 5.74) is 0.754. The minimum absolute atomic E-state index is 0.754. The molecule has 0 unspecified atom stereocenters. The van der Waals surface area contributed by atoms with Gasteiger partial charge in [0.25, 0.3) is 0 Å². The Morgan fingerprint density at radius 1 is 1.38 bits per heavy atom. The van der Waals surface area contributed by atoms with Crippen LogP contribution in [-0.4, -0.2) is 11.1 Å². The van der Waals surface area contributed by atoms with Crippen molar-refractivity contribution in [2.45, 2.75) is 4.90 Å². The van der Waals surface area contributed by atoms with Gasteiger partial charge >= 0.3 is 0 Å². The molecule has 0 aliphatic carbocycles. The van der Waals surface area contributed by atoms with Gasteiger partial charge in [0.05, 0.1) is 17.7 Å². The van der Waals surface area contributed by atoms with Gasteiger partial charge < -0.3 is 0 Å². The third kappa shape index (κ3) is 3.42. The van der Waals surface area contributed by atoms with Crippen molar-refractivity contribution in [1.29, 1.82) is 0 Å². The van der Waals surface area contributed by atoms with Crippen LogP contribution < -0.4 is 0 Å². The summed E-state index contributed by atoms with van der Waals surface area (Å²) in [7, 11) is 0. The first-order valence-corrected chi connectivity index (χ1v) is 4.08. The largest absolute Gasteiger partial charge is 0.220 e. The van der Waals surface area contributed by atoms with Crippen LogP contribution in [0.15, 0.2) is 40.7 Å². The van der Waals surface area contributed by atoms with Gasteiger partial charge in [0, 0.05) is 4.90 Å². The monoisotopic (exact) mass is 197 g/mol. The lowest BCUT2D eigenvalue weighted by Crippen LogP contribution is -1.77.